The molecule has 5 nitrogen and oxygen atoms in total. The molecule has 0 saturated heterocycles. The second kappa shape index (κ2) is 6.58. The first-order chi connectivity index (χ1) is 10.0. The van der Waals surface area contributed by atoms with Crippen LogP contribution in [0.15, 0.2) is 30.3 Å². The van der Waals surface area contributed by atoms with Gasteiger partial charge in [0.05, 0.1) is 24.1 Å². The molecule has 0 bridgehead atoms. The lowest BCUT2D eigenvalue weighted by Gasteiger charge is -2.14. The van der Waals surface area contributed by atoms with Crippen molar-refractivity contribution in [2.75, 3.05) is 12.4 Å². The Bertz CT molecular complexity index is 640. The molecule has 0 aliphatic carbocycles. The highest BCUT2D eigenvalue weighted by molar-refractivity contribution is 7.12. The number of nitrogens with zero attached hydrogens (tertiary/aromatic N) is 1. The molecule has 112 valence electrons. The molecule has 0 aliphatic rings. The summed E-state index contributed by atoms with van der Waals surface area (Å²) >= 11 is 1.73. The fourth-order valence-corrected chi connectivity index (χ4v) is 2.99. The summed E-state index contributed by atoms with van der Waals surface area (Å²) in [7, 11) is 1.49. The maximum atomic E-state index is 11.2. The molecule has 1 atom stereocenters. The summed E-state index contributed by atoms with van der Waals surface area (Å²) in [5.74, 6) is 0.476. The van der Waals surface area contributed by atoms with Crippen LogP contribution in [0.4, 0.5) is 11.4 Å². The fraction of sp³-hybridized carbons (Fsp3) is 0.333. The van der Waals surface area contributed by atoms with E-state index in [1.54, 1.807) is 23.5 Å². The fourth-order valence-electron chi connectivity index (χ4n) is 2.03. The first-order valence-electron chi connectivity index (χ1n) is 6.72. The van der Waals surface area contributed by atoms with Crippen LogP contribution < -0.4 is 10.1 Å². The first kappa shape index (κ1) is 15.3. The minimum atomic E-state index is -0.399. The molecule has 21 heavy (non-hydrogen) atoms. The predicted molar refractivity (Wildman–Crippen MR) is 85.4 cm³/mol. The number of nitro benzene ring substituents is 1. The number of nitro groups is 1. The van der Waals surface area contributed by atoms with E-state index in [-0.39, 0.29) is 11.7 Å². The molecule has 1 aromatic carbocycles. The zero-order valence-corrected chi connectivity index (χ0v) is 13.1. The van der Waals surface area contributed by atoms with Gasteiger partial charge in [-0.15, -0.1) is 11.3 Å². The molecular formula is C15H18N2O3S. The molecule has 0 aliphatic heterocycles. The van der Waals surface area contributed by atoms with E-state index in [4.69, 9.17) is 4.74 Å². The highest BCUT2D eigenvalue weighted by atomic mass is 32.1. The molecular weight excluding hydrogens is 288 g/mol. The van der Waals surface area contributed by atoms with Gasteiger partial charge in [-0.05, 0) is 37.6 Å². The summed E-state index contributed by atoms with van der Waals surface area (Å²) in [6.45, 7) is 4.11. The number of methoxy groups -OCH3 is 1. The maximum absolute atomic E-state index is 11.2. The molecule has 0 spiro atoms. The lowest BCUT2D eigenvalue weighted by molar-refractivity contribution is -0.384. The number of anilines is 1. The monoisotopic (exact) mass is 306 g/mol. The predicted octanol–water partition coefficient (Wildman–Crippen LogP) is 4.40. The average Bonchev–Trinajstić information content (AvgIpc) is 2.96. The number of ether oxygens (including phenoxy) is 1. The molecule has 0 fully saturated rings. The van der Waals surface area contributed by atoms with Crippen molar-refractivity contribution >= 4 is 22.7 Å². The number of rotatable bonds is 6. The van der Waals surface area contributed by atoms with Crippen molar-refractivity contribution in [3.8, 4) is 5.75 Å². The Morgan fingerprint density at radius 2 is 2.14 bits per heavy atom. The van der Waals surface area contributed by atoms with Gasteiger partial charge in [0, 0.05) is 9.75 Å². The van der Waals surface area contributed by atoms with Crippen molar-refractivity contribution in [2.24, 2.45) is 0 Å². The normalized spacial score (nSPS) is 12.0. The number of hydrogen-bond donors (Lipinski definition) is 1. The third-order valence-electron chi connectivity index (χ3n) is 3.23. The van der Waals surface area contributed by atoms with E-state index < -0.39 is 4.92 Å². The van der Waals surface area contributed by atoms with Crippen molar-refractivity contribution < 1.29 is 9.66 Å². The molecule has 6 heteroatoms. The Kier molecular flexibility index (Phi) is 4.80. The SMILES string of the molecule is CCc1ccc(C(C)Nc2ccc(OC)cc2[N+](=O)[O-])s1. The molecule has 1 aromatic heterocycles. The van der Waals surface area contributed by atoms with Gasteiger partial charge in [-0.1, -0.05) is 6.92 Å². The number of nitrogens with one attached hydrogen (secondary N) is 1. The highest BCUT2D eigenvalue weighted by Gasteiger charge is 2.18. The van der Waals surface area contributed by atoms with Gasteiger partial charge in [-0.3, -0.25) is 10.1 Å². The number of hydrogen-bond acceptors (Lipinski definition) is 5. The first-order valence-corrected chi connectivity index (χ1v) is 7.54. The van der Waals surface area contributed by atoms with E-state index in [0.717, 1.165) is 11.3 Å². The lowest BCUT2D eigenvalue weighted by Crippen LogP contribution is -2.07. The standard InChI is InChI=1S/C15H18N2O3S/c1-4-12-6-8-15(21-12)10(2)16-13-7-5-11(20-3)9-14(13)17(18)19/h5-10,16H,4H2,1-3H3. The van der Waals surface area contributed by atoms with E-state index in [9.17, 15) is 10.1 Å². The van der Waals surface area contributed by atoms with Crippen LogP contribution in [0.5, 0.6) is 5.75 Å². The summed E-state index contributed by atoms with van der Waals surface area (Å²) in [6.07, 6.45) is 1.00. The molecule has 0 amide bonds. The topological polar surface area (TPSA) is 64.4 Å². The van der Waals surface area contributed by atoms with Crippen molar-refractivity contribution in [1.82, 2.24) is 0 Å². The molecule has 1 N–H and O–H groups in total. The van der Waals surface area contributed by atoms with Gasteiger partial charge in [-0.2, -0.15) is 0 Å². The Balaban J connectivity index is 2.23. The minimum absolute atomic E-state index is 0.0161. The zero-order valence-electron chi connectivity index (χ0n) is 12.3. The van der Waals surface area contributed by atoms with Crippen molar-refractivity contribution in [1.29, 1.82) is 0 Å². The summed E-state index contributed by atoms with van der Waals surface area (Å²) in [4.78, 5) is 13.2. The summed E-state index contributed by atoms with van der Waals surface area (Å²) in [5.41, 5.74) is 0.521. The van der Waals surface area contributed by atoms with Crippen LogP contribution in [0.25, 0.3) is 0 Å². The second-order valence-corrected chi connectivity index (χ2v) is 5.86. The summed E-state index contributed by atoms with van der Waals surface area (Å²) < 4.78 is 5.04. The van der Waals surface area contributed by atoms with Gasteiger partial charge >= 0.3 is 0 Å². The Hall–Kier alpha value is -2.08. The van der Waals surface area contributed by atoms with E-state index >= 15 is 0 Å². The van der Waals surface area contributed by atoms with Gasteiger partial charge in [-0.25, -0.2) is 0 Å². The second-order valence-electron chi connectivity index (χ2n) is 4.66. The molecule has 2 aromatic rings. The van der Waals surface area contributed by atoms with Crippen LogP contribution >= 0.6 is 11.3 Å². The summed E-state index contributed by atoms with van der Waals surface area (Å²) in [5, 5.41) is 14.4. The van der Waals surface area contributed by atoms with E-state index in [1.807, 2.05) is 6.92 Å². The largest absolute Gasteiger partial charge is 0.496 e. The van der Waals surface area contributed by atoms with Crippen LogP contribution in [0.2, 0.25) is 0 Å². The number of thiophene rings is 1. The molecule has 1 heterocycles. The maximum Gasteiger partial charge on any atom is 0.296 e. The highest BCUT2D eigenvalue weighted by Crippen LogP contribution is 2.33. The third kappa shape index (κ3) is 3.52. The van der Waals surface area contributed by atoms with Crippen LogP contribution in [0.3, 0.4) is 0 Å². The van der Waals surface area contributed by atoms with Gasteiger partial charge in [0.1, 0.15) is 11.4 Å². The Morgan fingerprint density at radius 3 is 2.71 bits per heavy atom. The van der Waals surface area contributed by atoms with Gasteiger partial charge in [0.2, 0.25) is 0 Å². The van der Waals surface area contributed by atoms with Crippen molar-refractivity contribution in [3.05, 3.63) is 50.2 Å². The van der Waals surface area contributed by atoms with Crippen molar-refractivity contribution in [3.63, 3.8) is 0 Å². The third-order valence-corrected chi connectivity index (χ3v) is 4.64. The molecule has 1 unspecified atom stereocenters. The van der Waals surface area contributed by atoms with Crippen LogP contribution in [-0.4, -0.2) is 12.0 Å². The van der Waals surface area contributed by atoms with E-state index in [2.05, 4.69) is 24.4 Å². The van der Waals surface area contributed by atoms with Gasteiger partial charge < -0.3 is 10.1 Å². The van der Waals surface area contributed by atoms with E-state index in [1.165, 1.54) is 18.1 Å². The van der Waals surface area contributed by atoms with Crippen LogP contribution in [0.1, 0.15) is 29.6 Å². The number of aryl methyl sites for hydroxylation is 1. The zero-order chi connectivity index (χ0) is 15.4. The van der Waals surface area contributed by atoms with E-state index in [0.29, 0.717) is 11.4 Å². The van der Waals surface area contributed by atoms with Gasteiger partial charge in [0.25, 0.3) is 5.69 Å². The van der Waals surface area contributed by atoms with Crippen LogP contribution in [-0.2, 0) is 6.42 Å². The quantitative estimate of drug-likeness (QED) is 0.634. The Morgan fingerprint density at radius 1 is 1.38 bits per heavy atom. The molecule has 0 radical (unpaired) electrons. The molecule has 2 rings (SSSR count). The Labute approximate surface area is 127 Å². The number of benzene rings is 1. The summed E-state index contributed by atoms with van der Waals surface area (Å²) in [6, 6.07) is 9.01. The minimum Gasteiger partial charge on any atom is -0.496 e. The van der Waals surface area contributed by atoms with Crippen LogP contribution in [0, 0.1) is 10.1 Å². The molecule has 0 saturated carbocycles. The average molecular weight is 306 g/mol. The lowest BCUT2D eigenvalue weighted by atomic mass is 10.2. The smallest absolute Gasteiger partial charge is 0.296 e. The van der Waals surface area contributed by atoms with Gasteiger partial charge in [0.15, 0.2) is 0 Å². The van der Waals surface area contributed by atoms with Crippen molar-refractivity contribution in [2.45, 2.75) is 26.3 Å².